The van der Waals surface area contributed by atoms with Crippen molar-refractivity contribution in [1.29, 1.82) is 0 Å². The van der Waals surface area contributed by atoms with Crippen molar-refractivity contribution in [2.45, 2.75) is 49.9 Å². The molecule has 0 N–H and O–H groups in total. The molecule has 162 valence electrons. The van der Waals surface area contributed by atoms with Gasteiger partial charge in [-0.3, -0.25) is 4.79 Å². The highest BCUT2D eigenvalue weighted by Crippen LogP contribution is 2.31. The molecule has 1 saturated heterocycles. The van der Waals surface area contributed by atoms with E-state index < -0.39 is 38.7 Å². The minimum absolute atomic E-state index is 0.0756. The molecule has 1 amide bonds. The Morgan fingerprint density at radius 3 is 2.31 bits per heavy atom. The number of piperidine rings is 1. The summed E-state index contributed by atoms with van der Waals surface area (Å²) in [5.74, 6) is -1.10. The molecule has 0 bridgehead atoms. The van der Waals surface area contributed by atoms with E-state index in [0.717, 1.165) is 0 Å². The van der Waals surface area contributed by atoms with Crippen molar-refractivity contribution in [2.24, 2.45) is 5.92 Å². The van der Waals surface area contributed by atoms with Crippen molar-refractivity contribution >= 4 is 21.9 Å². The van der Waals surface area contributed by atoms with Gasteiger partial charge in [-0.05, 0) is 58.4 Å². The van der Waals surface area contributed by atoms with E-state index in [2.05, 4.69) is 0 Å². The third-order valence-corrected chi connectivity index (χ3v) is 6.87. The van der Waals surface area contributed by atoms with Crippen LogP contribution in [0.1, 0.15) is 34.1 Å². The monoisotopic (exact) mass is 427 g/mol. The highest BCUT2D eigenvalue weighted by atomic mass is 32.2. The van der Waals surface area contributed by atoms with E-state index in [4.69, 9.17) is 14.2 Å². The first-order valence-corrected chi connectivity index (χ1v) is 11.1. The second-order valence-corrected chi connectivity index (χ2v) is 10.00. The van der Waals surface area contributed by atoms with Crippen LogP contribution >= 0.6 is 0 Å². The Hall–Kier alpha value is -2.29. The predicted molar refractivity (Wildman–Crippen MR) is 107 cm³/mol. The molecule has 1 aliphatic heterocycles. The van der Waals surface area contributed by atoms with Gasteiger partial charge in [-0.25, -0.2) is 13.2 Å². The predicted octanol–water partition coefficient (Wildman–Crippen LogP) is 2.66. The fourth-order valence-electron chi connectivity index (χ4n) is 3.21. The Labute approximate surface area is 172 Å². The molecule has 9 heteroatoms. The van der Waals surface area contributed by atoms with Crippen LogP contribution in [0, 0.1) is 5.92 Å². The van der Waals surface area contributed by atoms with E-state index in [1.807, 2.05) is 0 Å². The van der Waals surface area contributed by atoms with E-state index in [0.29, 0.717) is 5.75 Å². The molecular weight excluding hydrogens is 398 g/mol. The van der Waals surface area contributed by atoms with Crippen molar-refractivity contribution in [3.63, 3.8) is 0 Å². The zero-order chi connectivity index (χ0) is 21.8. The van der Waals surface area contributed by atoms with Crippen LogP contribution in [-0.2, 0) is 24.1 Å². The van der Waals surface area contributed by atoms with Crippen molar-refractivity contribution in [2.75, 3.05) is 26.8 Å². The molecule has 0 aliphatic carbocycles. The largest absolute Gasteiger partial charge is 0.497 e. The first-order valence-electron chi connectivity index (χ1n) is 9.52. The average Bonchev–Trinajstić information content (AvgIpc) is 2.66. The van der Waals surface area contributed by atoms with Crippen LogP contribution in [0.15, 0.2) is 29.2 Å². The topological polar surface area (TPSA) is 99.2 Å². The maximum Gasteiger partial charge on any atom is 0.410 e. The lowest BCUT2D eigenvalue weighted by Crippen LogP contribution is -2.52. The van der Waals surface area contributed by atoms with Gasteiger partial charge in [0.25, 0.3) is 0 Å². The lowest BCUT2D eigenvalue weighted by Gasteiger charge is -2.37. The summed E-state index contributed by atoms with van der Waals surface area (Å²) in [6.45, 7) is 7.10. The number of amides is 1. The van der Waals surface area contributed by atoms with Gasteiger partial charge in [-0.1, -0.05) is 0 Å². The van der Waals surface area contributed by atoms with E-state index in [-0.39, 0.29) is 31.0 Å². The smallest absolute Gasteiger partial charge is 0.410 e. The van der Waals surface area contributed by atoms with Crippen LogP contribution in [0.3, 0.4) is 0 Å². The molecule has 8 nitrogen and oxygen atoms in total. The van der Waals surface area contributed by atoms with E-state index in [1.54, 1.807) is 39.8 Å². The van der Waals surface area contributed by atoms with Gasteiger partial charge in [0.1, 0.15) is 11.4 Å². The van der Waals surface area contributed by atoms with Gasteiger partial charge in [-0.2, -0.15) is 0 Å². The summed E-state index contributed by atoms with van der Waals surface area (Å²) in [6.07, 6.45) is -0.469. The van der Waals surface area contributed by atoms with Crippen LogP contribution in [-0.4, -0.2) is 63.0 Å². The van der Waals surface area contributed by atoms with Crippen LogP contribution in [0.4, 0.5) is 4.79 Å². The second-order valence-electron chi connectivity index (χ2n) is 7.83. The number of carbonyl (C=O) groups is 2. The number of carbonyl (C=O) groups excluding carboxylic acids is 2. The molecule has 1 aliphatic rings. The number of hydrogen-bond donors (Lipinski definition) is 0. The van der Waals surface area contributed by atoms with Crippen molar-refractivity contribution in [3.05, 3.63) is 24.3 Å². The minimum atomic E-state index is -3.82. The Morgan fingerprint density at radius 1 is 1.17 bits per heavy atom. The molecule has 2 atom stereocenters. The van der Waals surface area contributed by atoms with Gasteiger partial charge in [0.2, 0.25) is 0 Å². The third kappa shape index (κ3) is 5.62. The van der Waals surface area contributed by atoms with Crippen LogP contribution in [0.2, 0.25) is 0 Å². The maximum absolute atomic E-state index is 13.2. The molecule has 0 aromatic heterocycles. The lowest BCUT2D eigenvalue weighted by atomic mass is 9.98. The van der Waals surface area contributed by atoms with E-state index in [9.17, 15) is 18.0 Å². The maximum atomic E-state index is 13.2. The van der Waals surface area contributed by atoms with Gasteiger partial charge in [0.05, 0.1) is 29.8 Å². The Morgan fingerprint density at radius 2 is 1.79 bits per heavy atom. The summed E-state index contributed by atoms with van der Waals surface area (Å²) in [7, 11) is -2.33. The Kier molecular flexibility index (Phi) is 7.15. The fourth-order valence-corrected chi connectivity index (χ4v) is 5.12. The Bertz CT molecular complexity index is 827. The molecule has 0 radical (unpaired) electrons. The van der Waals surface area contributed by atoms with E-state index >= 15 is 0 Å². The van der Waals surface area contributed by atoms with Crippen LogP contribution in [0.25, 0.3) is 0 Å². The molecule has 2 unspecified atom stereocenters. The minimum Gasteiger partial charge on any atom is -0.497 e. The second kappa shape index (κ2) is 9.02. The van der Waals surface area contributed by atoms with Gasteiger partial charge >= 0.3 is 12.1 Å². The lowest BCUT2D eigenvalue weighted by molar-refractivity contribution is -0.149. The zero-order valence-electron chi connectivity index (χ0n) is 17.5. The molecule has 1 heterocycles. The number of ether oxygens (including phenoxy) is 3. The number of rotatable bonds is 5. The summed E-state index contributed by atoms with van der Waals surface area (Å²) < 4.78 is 42.0. The van der Waals surface area contributed by atoms with Gasteiger partial charge in [-0.15, -0.1) is 0 Å². The summed E-state index contributed by atoms with van der Waals surface area (Å²) in [5.41, 5.74) is -0.692. The number of hydrogen-bond acceptors (Lipinski definition) is 7. The van der Waals surface area contributed by atoms with Crippen molar-refractivity contribution < 1.29 is 32.2 Å². The number of benzene rings is 1. The number of sulfone groups is 1. The molecular formula is C20H29NO7S. The Balaban J connectivity index is 2.30. The molecule has 29 heavy (non-hydrogen) atoms. The number of methoxy groups -OCH3 is 1. The molecule has 0 saturated carbocycles. The molecule has 1 fully saturated rings. The molecule has 1 aromatic carbocycles. The molecule has 1 aromatic rings. The molecule has 0 spiro atoms. The van der Waals surface area contributed by atoms with Gasteiger partial charge < -0.3 is 19.1 Å². The quantitative estimate of drug-likeness (QED) is 0.666. The standard InChI is InChI=1S/C20H29NO7S/c1-6-27-18(22)16-13-21(19(23)28-20(2,3)4)12-11-17(16)29(24,25)15-9-7-14(26-5)8-10-15/h7-10,16-17H,6,11-13H2,1-5H3. The number of nitrogens with zero attached hydrogens (tertiary/aromatic N) is 1. The first-order chi connectivity index (χ1) is 13.5. The third-order valence-electron chi connectivity index (χ3n) is 4.58. The molecule has 2 rings (SSSR count). The first kappa shape index (κ1) is 23.0. The summed E-state index contributed by atoms with van der Waals surface area (Å²) in [5, 5.41) is -0.992. The zero-order valence-corrected chi connectivity index (χ0v) is 18.3. The van der Waals surface area contributed by atoms with Crippen molar-refractivity contribution in [3.8, 4) is 5.75 Å². The summed E-state index contributed by atoms with van der Waals surface area (Å²) >= 11 is 0. The normalized spacial score (nSPS) is 20.1. The fraction of sp³-hybridized carbons (Fsp3) is 0.600. The van der Waals surface area contributed by atoms with Crippen molar-refractivity contribution in [1.82, 2.24) is 4.90 Å². The summed E-state index contributed by atoms with van der Waals surface area (Å²) in [4.78, 5) is 26.4. The SMILES string of the molecule is CCOC(=O)C1CN(C(=O)OC(C)(C)C)CCC1S(=O)(=O)c1ccc(OC)cc1. The highest BCUT2D eigenvalue weighted by molar-refractivity contribution is 7.92. The van der Waals surface area contributed by atoms with Gasteiger partial charge in [0.15, 0.2) is 9.84 Å². The summed E-state index contributed by atoms with van der Waals surface area (Å²) in [6, 6.07) is 6.03. The van der Waals surface area contributed by atoms with E-state index in [1.165, 1.54) is 24.1 Å². The number of esters is 1. The van der Waals surface area contributed by atoms with Crippen LogP contribution < -0.4 is 4.74 Å². The number of likely N-dealkylation sites (tertiary alicyclic amines) is 1. The highest BCUT2D eigenvalue weighted by Gasteiger charge is 2.45. The average molecular weight is 428 g/mol. The van der Waals surface area contributed by atoms with Crippen LogP contribution in [0.5, 0.6) is 5.75 Å². The van der Waals surface area contributed by atoms with Gasteiger partial charge in [0, 0.05) is 13.1 Å².